The van der Waals surface area contributed by atoms with Crippen LogP contribution >= 0.6 is 23.2 Å². The molecule has 112 valence electrons. The molecule has 7 heteroatoms. The number of nitrogens with zero attached hydrogens (tertiary/aromatic N) is 1. The summed E-state index contributed by atoms with van der Waals surface area (Å²) in [7, 11) is 0. The number of hydrogen-bond donors (Lipinski definition) is 1. The maximum atomic E-state index is 12.4. The van der Waals surface area contributed by atoms with Crippen LogP contribution in [-0.2, 0) is 12.6 Å². The van der Waals surface area contributed by atoms with Crippen molar-refractivity contribution in [3.05, 3.63) is 63.4 Å². The molecule has 21 heavy (non-hydrogen) atoms. The van der Waals surface area contributed by atoms with E-state index < -0.39 is 17.8 Å². The van der Waals surface area contributed by atoms with Gasteiger partial charge in [0.15, 0.2) is 0 Å². The first-order chi connectivity index (χ1) is 9.79. The molecule has 0 saturated heterocycles. The zero-order valence-electron chi connectivity index (χ0n) is 10.5. The highest BCUT2D eigenvalue weighted by molar-refractivity contribution is 6.35. The van der Waals surface area contributed by atoms with Gasteiger partial charge in [0.25, 0.3) is 0 Å². The highest BCUT2D eigenvalue weighted by Gasteiger charge is 2.31. The smallest absolute Gasteiger partial charge is 0.386 e. The molecule has 0 fully saturated rings. The quantitative estimate of drug-likeness (QED) is 0.883. The lowest BCUT2D eigenvalue weighted by molar-refractivity contribution is -0.137. The highest BCUT2D eigenvalue weighted by Crippen LogP contribution is 2.31. The normalized spacial score (nSPS) is 13.2. The number of pyridine rings is 1. The van der Waals surface area contributed by atoms with Crippen LogP contribution in [0.2, 0.25) is 10.0 Å². The number of halogens is 5. The summed E-state index contributed by atoms with van der Waals surface area (Å²) in [5, 5.41) is 10.8. The van der Waals surface area contributed by atoms with Crippen LogP contribution in [0, 0.1) is 0 Å². The molecule has 2 rings (SSSR count). The standard InChI is InChI=1S/C14H10Cl2F3NO/c15-10-2-1-3-11(16)9(10)6-13(21)12-5-4-8(7-20-12)14(17,18)19/h1-5,7,13,21H,6H2. The van der Waals surface area contributed by atoms with Crippen LogP contribution in [-0.4, -0.2) is 10.1 Å². The molecule has 1 N–H and O–H groups in total. The van der Waals surface area contributed by atoms with Crippen molar-refractivity contribution in [1.29, 1.82) is 0 Å². The fraction of sp³-hybridized carbons (Fsp3) is 0.214. The maximum Gasteiger partial charge on any atom is 0.417 e. The van der Waals surface area contributed by atoms with Crippen molar-refractivity contribution in [3.63, 3.8) is 0 Å². The Bertz CT molecular complexity index is 609. The Hall–Kier alpha value is -1.30. The Labute approximate surface area is 129 Å². The summed E-state index contributed by atoms with van der Waals surface area (Å²) in [6.45, 7) is 0. The SMILES string of the molecule is OC(Cc1c(Cl)cccc1Cl)c1ccc(C(F)(F)F)cn1. The first-order valence-corrected chi connectivity index (χ1v) is 6.68. The Balaban J connectivity index is 2.19. The summed E-state index contributed by atoms with van der Waals surface area (Å²) >= 11 is 12.0. The van der Waals surface area contributed by atoms with Gasteiger partial charge in [-0.15, -0.1) is 0 Å². The monoisotopic (exact) mass is 335 g/mol. The fourth-order valence-electron chi connectivity index (χ4n) is 1.80. The fourth-order valence-corrected chi connectivity index (χ4v) is 2.35. The lowest BCUT2D eigenvalue weighted by atomic mass is 10.0. The van der Waals surface area contributed by atoms with Gasteiger partial charge >= 0.3 is 6.18 Å². The number of alkyl halides is 3. The predicted octanol–water partition coefficient (Wildman–Crippen LogP) is 4.68. The molecular formula is C14H10Cl2F3NO. The van der Waals surface area contributed by atoms with Crippen LogP contribution in [0.1, 0.15) is 22.9 Å². The van der Waals surface area contributed by atoms with Crippen LogP contribution in [0.4, 0.5) is 13.2 Å². The molecule has 1 atom stereocenters. The van der Waals surface area contributed by atoms with Crippen LogP contribution in [0.15, 0.2) is 36.5 Å². The van der Waals surface area contributed by atoms with E-state index in [0.717, 1.165) is 12.1 Å². The molecule has 1 heterocycles. The van der Waals surface area contributed by atoms with Gasteiger partial charge in [-0.2, -0.15) is 13.2 Å². The van der Waals surface area contributed by atoms with Crippen LogP contribution in [0.25, 0.3) is 0 Å². The van der Waals surface area contributed by atoms with Gasteiger partial charge in [0.1, 0.15) is 6.10 Å². The zero-order valence-corrected chi connectivity index (χ0v) is 12.0. The van der Waals surface area contributed by atoms with E-state index in [2.05, 4.69) is 4.98 Å². The third-order valence-electron chi connectivity index (χ3n) is 2.91. The minimum Gasteiger partial charge on any atom is -0.386 e. The Morgan fingerprint density at radius 3 is 2.19 bits per heavy atom. The van der Waals surface area contributed by atoms with E-state index in [9.17, 15) is 18.3 Å². The van der Waals surface area contributed by atoms with E-state index in [0.29, 0.717) is 21.8 Å². The van der Waals surface area contributed by atoms with E-state index in [1.807, 2.05) is 0 Å². The predicted molar refractivity (Wildman–Crippen MR) is 74.4 cm³/mol. The second-order valence-electron chi connectivity index (χ2n) is 4.39. The first-order valence-electron chi connectivity index (χ1n) is 5.93. The summed E-state index contributed by atoms with van der Waals surface area (Å²) in [6.07, 6.45) is -4.80. The third kappa shape index (κ3) is 3.87. The van der Waals surface area contributed by atoms with Gasteiger partial charge < -0.3 is 5.11 Å². The minimum atomic E-state index is -4.46. The van der Waals surface area contributed by atoms with Crippen molar-refractivity contribution in [2.24, 2.45) is 0 Å². The second-order valence-corrected chi connectivity index (χ2v) is 5.20. The van der Waals surface area contributed by atoms with Gasteiger partial charge in [0.2, 0.25) is 0 Å². The molecule has 0 aliphatic carbocycles. The third-order valence-corrected chi connectivity index (χ3v) is 3.62. The number of benzene rings is 1. The molecule has 0 radical (unpaired) electrons. The lowest BCUT2D eigenvalue weighted by Crippen LogP contribution is -2.09. The van der Waals surface area contributed by atoms with Crippen molar-refractivity contribution in [1.82, 2.24) is 4.98 Å². The Morgan fingerprint density at radius 1 is 1.10 bits per heavy atom. The molecule has 1 aromatic carbocycles. The number of hydrogen-bond acceptors (Lipinski definition) is 2. The van der Waals surface area contributed by atoms with E-state index in [-0.39, 0.29) is 12.1 Å². The molecule has 1 unspecified atom stereocenters. The highest BCUT2D eigenvalue weighted by atomic mass is 35.5. The molecular weight excluding hydrogens is 326 g/mol. The summed E-state index contributed by atoms with van der Waals surface area (Å²) in [6, 6.07) is 6.92. The minimum absolute atomic E-state index is 0.0663. The van der Waals surface area contributed by atoms with Gasteiger partial charge in [-0.05, 0) is 29.8 Å². The first kappa shape index (κ1) is 16.1. The Morgan fingerprint density at radius 2 is 1.71 bits per heavy atom. The number of aliphatic hydroxyl groups is 1. The second kappa shape index (κ2) is 6.22. The van der Waals surface area contributed by atoms with E-state index >= 15 is 0 Å². The van der Waals surface area contributed by atoms with Gasteiger partial charge in [0.05, 0.1) is 11.3 Å². The van der Waals surface area contributed by atoms with Gasteiger partial charge in [0, 0.05) is 22.7 Å². The number of aromatic nitrogens is 1. The molecule has 2 nitrogen and oxygen atoms in total. The van der Waals surface area contributed by atoms with Crippen molar-refractivity contribution in [3.8, 4) is 0 Å². The summed E-state index contributed by atoms with van der Waals surface area (Å²) in [5.41, 5.74) is -0.219. The van der Waals surface area contributed by atoms with E-state index in [1.54, 1.807) is 18.2 Å². The topological polar surface area (TPSA) is 33.1 Å². The average molecular weight is 336 g/mol. The molecule has 0 spiro atoms. The van der Waals surface area contributed by atoms with Crippen molar-refractivity contribution in [2.75, 3.05) is 0 Å². The zero-order chi connectivity index (χ0) is 15.6. The van der Waals surface area contributed by atoms with Crippen LogP contribution in [0.5, 0.6) is 0 Å². The van der Waals surface area contributed by atoms with Crippen LogP contribution in [0.3, 0.4) is 0 Å². The average Bonchev–Trinajstić information content (AvgIpc) is 2.42. The largest absolute Gasteiger partial charge is 0.417 e. The van der Waals surface area contributed by atoms with Gasteiger partial charge in [-0.1, -0.05) is 29.3 Å². The van der Waals surface area contributed by atoms with Crippen molar-refractivity contribution in [2.45, 2.75) is 18.7 Å². The lowest BCUT2D eigenvalue weighted by Gasteiger charge is -2.13. The molecule has 2 aromatic rings. The molecule has 0 saturated carbocycles. The summed E-state index contributed by atoms with van der Waals surface area (Å²) < 4.78 is 37.3. The molecule has 0 bridgehead atoms. The van der Waals surface area contributed by atoms with Gasteiger partial charge in [-0.25, -0.2) is 0 Å². The van der Waals surface area contributed by atoms with Crippen molar-refractivity contribution < 1.29 is 18.3 Å². The maximum absolute atomic E-state index is 12.4. The molecule has 1 aromatic heterocycles. The van der Waals surface area contributed by atoms with E-state index in [1.165, 1.54) is 0 Å². The number of rotatable bonds is 3. The van der Waals surface area contributed by atoms with Crippen molar-refractivity contribution >= 4 is 23.2 Å². The van der Waals surface area contributed by atoms with Crippen LogP contribution < -0.4 is 0 Å². The molecule has 0 amide bonds. The molecule has 0 aliphatic rings. The summed E-state index contributed by atoms with van der Waals surface area (Å²) in [4.78, 5) is 3.64. The summed E-state index contributed by atoms with van der Waals surface area (Å²) in [5.74, 6) is 0. The Kier molecular flexibility index (Phi) is 4.76. The van der Waals surface area contributed by atoms with E-state index in [4.69, 9.17) is 23.2 Å². The number of aliphatic hydroxyl groups excluding tert-OH is 1. The molecule has 0 aliphatic heterocycles. The van der Waals surface area contributed by atoms with Gasteiger partial charge in [-0.3, -0.25) is 4.98 Å².